The van der Waals surface area contributed by atoms with E-state index in [1.807, 2.05) is 13.0 Å². The molecule has 5 heteroatoms. The molecule has 0 radical (unpaired) electrons. The van der Waals surface area contributed by atoms with Crippen molar-refractivity contribution in [2.75, 3.05) is 20.2 Å². The summed E-state index contributed by atoms with van der Waals surface area (Å²) in [5.74, 6) is -1.52. The van der Waals surface area contributed by atoms with Crippen molar-refractivity contribution < 1.29 is 14.3 Å². The predicted octanol–water partition coefficient (Wildman–Crippen LogP) is 0.558. The van der Waals surface area contributed by atoms with Crippen LogP contribution in [-0.4, -0.2) is 37.0 Å². The lowest BCUT2D eigenvalue weighted by Crippen LogP contribution is -2.39. The van der Waals surface area contributed by atoms with Gasteiger partial charge in [-0.2, -0.15) is 5.26 Å². The second-order valence-electron chi connectivity index (χ2n) is 3.19. The molecular weight excluding hydrogens is 196 g/mol. The summed E-state index contributed by atoms with van der Waals surface area (Å²) >= 11 is 0. The number of carbonyl (C=O) groups excluding carboxylic acids is 2. The lowest BCUT2D eigenvalue weighted by Gasteiger charge is -2.21. The van der Waals surface area contributed by atoms with Crippen molar-refractivity contribution in [3.05, 3.63) is 0 Å². The minimum absolute atomic E-state index is 0.0881. The summed E-state index contributed by atoms with van der Waals surface area (Å²) in [5.41, 5.74) is 0. The van der Waals surface area contributed by atoms with Crippen LogP contribution in [-0.2, 0) is 14.3 Å². The Hall–Kier alpha value is -1.57. The Labute approximate surface area is 89.6 Å². The van der Waals surface area contributed by atoms with Gasteiger partial charge < -0.3 is 9.64 Å². The minimum atomic E-state index is -0.721. The summed E-state index contributed by atoms with van der Waals surface area (Å²) < 4.78 is 4.47. The third-order valence-electron chi connectivity index (χ3n) is 1.92. The molecule has 84 valence electrons. The molecular formula is C10H16N2O3. The van der Waals surface area contributed by atoms with Gasteiger partial charge in [-0.1, -0.05) is 6.92 Å². The number of rotatable bonds is 5. The molecule has 1 unspecified atom stereocenters. The van der Waals surface area contributed by atoms with Crippen LogP contribution in [0.1, 0.15) is 20.3 Å². The van der Waals surface area contributed by atoms with Crippen molar-refractivity contribution in [2.45, 2.75) is 20.3 Å². The van der Waals surface area contributed by atoms with Gasteiger partial charge in [-0.15, -0.1) is 0 Å². The number of methoxy groups -OCH3 is 1. The second kappa shape index (κ2) is 6.82. The third kappa shape index (κ3) is 4.45. The minimum Gasteiger partial charge on any atom is -0.468 e. The zero-order valence-corrected chi connectivity index (χ0v) is 9.32. The fourth-order valence-electron chi connectivity index (χ4n) is 1.09. The first-order valence-electron chi connectivity index (χ1n) is 4.82. The molecule has 0 rings (SSSR count). The maximum absolute atomic E-state index is 11.6. The van der Waals surface area contributed by atoms with Crippen LogP contribution in [0.4, 0.5) is 0 Å². The number of carbonyl (C=O) groups is 2. The fourth-order valence-corrected chi connectivity index (χ4v) is 1.09. The van der Waals surface area contributed by atoms with E-state index in [2.05, 4.69) is 4.74 Å². The average molecular weight is 212 g/mol. The first-order chi connectivity index (χ1) is 7.06. The van der Waals surface area contributed by atoms with Crippen LogP contribution in [0.3, 0.4) is 0 Å². The van der Waals surface area contributed by atoms with Gasteiger partial charge in [0.1, 0.15) is 12.5 Å². The molecule has 15 heavy (non-hydrogen) atoms. The van der Waals surface area contributed by atoms with Crippen LogP contribution >= 0.6 is 0 Å². The summed E-state index contributed by atoms with van der Waals surface area (Å²) in [6.45, 7) is 3.78. The number of hydrogen-bond acceptors (Lipinski definition) is 4. The van der Waals surface area contributed by atoms with Crippen molar-refractivity contribution >= 4 is 11.9 Å². The zero-order valence-electron chi connectivity index (χ0n) is 9.32. The molecule has 1 atom stereocenters. The number of hydrogen-bond donors (Lipinski definition) is 0. The van der Waals surface area contributed by atoms with Crippen molar-refractivity contribution in [1.29, 1.82) is 5.26 Å². The van der Waals surface area contributed by atoms with Crippen molar-refractivity contribution in [3.63, 3.8) is 0 Å². The molecule has 0 N–H and O–H groups in total. The maximum atomic E-state index is 11.6. The molecule has 5 nitrogen and oxygen atoms in total. The number of nitrogens with zero attached hydrogens (tertiary/aromatic N) is 2. The molecule has 0 saturated carbocycles. The number of amides is 1. The molecule has 0 heterocycles. The molecule has 0 bridgehead atoms. The molecule has 1 amide bonds. The van der Waals surface area contributed by atoms with E-state index in [-0.39, 0.29) is 12.5 Å². The van der Waals surface area contributed by atoms with Gasteiger partial charge in [0.25, 0.3) is 0 Å². The van der Waals surface area contributed by atoms with E-state index in [1.165, 1.54) is 18.9 Å². The lowest BCUT2D eigenvalue weighted by atomic mass is 10.1. The summed E-state index contributed by atoms with van der Waals surface area (Å²) in [4.78, 5) is 24.0. The van der Waals surface area contributed by atoms with Crippen LogP contribution in [0.2, 0.25) is 0 Å². The van der Waals surface area contributed by atoms with Gasteiger partial charge in [-0.3, -0.25) is 9.59 Å². The fraction of sp³-hybridized carbons (Fsp3) is 0.700. The molecule has 0 aliphatic heterocycles. The predicted molar refractivity (Wildman–Crippen MR) is 53.7 cm³/mol. The Morgan fingerprint density at radius 2 is 2.13 bits per heavy atom. The molecule has 0 aliphatic rings. The highest BCUT2D eigenvalue weighted by Gasteiger charge is 2.21. The summed E-state index contributed by atoms with van der Waals surface area (Å²) in [6, 6.07) is 1.85. The van der Waals surface area contributed by atoms with Gasteiger partial charge >= 0.3 is 5.97 Å². The molecule has 0 aromatic heterocycles. The normalized spacial score (nSPS) is 11.3. The Bertz CT molecular complexity index is 270. The highest BCUT2D eigenvalue weighted by Crippen LogP contribution is 2.02. The first kappa shape index (κ1) is 13.4. The van der Waals surface area contributed by atoms with E-state index in [9.17, 15) is 9.59 Å². The van der Waals surface area contributed by atoms with Gasteiger partial charge in [0.05, 0.1) is 13.2 Å². The quantitative estimate of drug-likeness (QED) is 0.624. The van der Waals surface area contributed by atoms with Crippen LogP contribution in [0.25, 0.3) is 0 Å². The Morgan fingerprint density at radius 3 is 2.53 bits per heavy atom. The smallest absolute Gasteiger partial charge is 0.325 e. The van der Waals surface area contributed by atoms with Gasteiger partial charge in [0, 0.05) is 6.54 Å². The molecule has 0 saturated heterocycles. The maximum Gasteiger partial charge on any atom is 0.325 e. The monoisotopic (exact) mass is 212 g/mol. The van der Waals surface area contributed by atoms with Gasteiger partial charge in [0.2, 0.25) is 5.91 Å². The van der Waals surface area contributed by atoms with E-state index in [4.69, 9.17) is 5.26 Å². The molecule has 0 aromatic rings. The lowest BCUT2D eigenvalue weighted by molar-refractivity contribution is -0.147. The van der Waals surface area contributed by atoms with E-state index >= 15 is 0 Å². The van der Waals surface area contributed by atoms with E-state index in [1.54, 1.807) is 0 Å². The van der Waals surface area contributed by atoms with Crippen molar-refractivity contribution in [1.82, 2.24) is 4.90 Å². The summed E-state index contributed by atoms with van der Waals surface area (Å²) in [6.07, 6.45) is 0.737. The number of esters is 1. The van der Waals surface area contributed by atoms with Gasteiger partial charge in [-0.05, 0) is 13.3 Å². The van der Waals surface area contributed by atoms with Gasteiger partial charge in [0.15, 0.2) is 0 Å². The number of ether oxygens (including phenoxy) is 1. The Morgan fingerprint density at radius 1 is 1.53 bits per heavy atom. The van der Waals surface area contributed by atoms with Crippen LogP contribution in [0.5, 0.6) is 0 Å². The average Bonchev–Trinajstić information content (AvgIpc) is 2.26. The largest absolute Gasteiger partial charge is 0.468 e. The van der Waals surface area contributed by atoms with Crippen molar-refractivity contribution in [2.24, 2.45) is 5.92 Å². The molecule has 0 spiro atoms. The van der Waals surface area contributed by atoms with Crippen LogP contribution < -0.4 is 0 Å². The van der Waals surface area contributed by atoms with E-state index in [0.717, 1.165) is 6.42 Å². The summed E-state index contributed by atoms with van der Waals surface area (Å²) in [7, 11) is 1.27. The topological polar surface area (TPSA) is 70.4 Å². The second-order valence-corrected chi connectivity index (χ2v) is 3.19. The highest BCUT2D eigenvalue weighted by molar-refractivity contribution is 5.84. The first-order valence-corrected chi connectivity index (χ1v) is 4.82. The van der Waals surface area contributed by atoms with Crippen molar-refractivity contribution in [3.8, 4) is 6.07 Å². The number of nitriles is 1. The zero-order chi connectivity index (χ0) is 11.8. The van der Waals surface area contributed by atoms with Crippen LogP contribution in [0, 0.1) is 17.2 Å². The van der Waals surface area contributed by atoms with E-state index in [0.29, 0.717) is 6.54 Å². The Kier molecular flexibility index (Phi) is 6.11. The van der Waals surface area contributed by atoms with E-state index < -0.39 is 11.9 Å². The van der Waals surface area contributed by atoms with Gasteiger partial charge in [-0.25, -0.2) is 0 Å². The summed E-state index contributed by atoms with van der Waals surface area (Å²) in [5, 5.41) is 8.60. The Balaban J connectivity index is 4.45. The van der Waals surface area contributed by atoms with Crippen LogP contribution in [0.15, 0.2) is 0 Å². The standard InChI is InChI=1S/C10H16N2O3/c1-4-5-12(7-9(13)15-3)10(14)8(2)6-11/h8H,4-5,7H2,1-3H3. The molecule has 0 fully saturated rings. The molecule has 0 aliphatic carbocycles. The third-order valence-corrected chi connectivity index (χ3v) is 1.92. The molecule has 0 aromatic carbocycles. The SMILES string of the molecule is CCCN(CC(=O)OC)C(=O)C(C)C#N. The highest BCUT2D eigenvalue weighted by atomic mass is 16.5.